The van der Waals surface area contributed by atoms with Crippen LogP contribution in [0.4, 0.5) is 0 Å². The molecule has 0 atom stereocenters. The highest BCUT2D eigenvalue weighted by Crippen LogP contribution is 1.87. The number of aromatic nitrogens is 1. The molecule has 0 unspecified atom stereocenters. The van der Waals surface area contributed by atoms with Crippen LogP contribution in [0.25, 0.3) is 0 Å². The molecule has 0 fully saturated rings. The van der Waals surface area contributed by atoms with Gasteiger partial charge in [0.05, 0.1) is 5.56 Å². The van der Waals surface area contributed by atoms with Crippen LogP contribution in [0.2, 0.25) is 0 Å². The summed E-state index contributed by atoms with van der Waals surface area (Å²) in [6.45, 7) is 3.48. The number of hydrogen-bond donors (Lipinski definition) is 0. The van der Waals surface area contributed by atoms with Gasteiger partial charge in [-0.2, -0.15) is 5.26 Å². The Bertz CT molecular complexity index is 393. The van der Waals surface area contributed by atoms with Crippen LogP contribution in [0.1, 0.15) is 5.56 Å². The van der Waals surface area contributed by atoms with Crippen molar-refractivity contribution in [3.8, 4) is 6.07 Å². The number of nitriles is 1. The van der Waals surface area contributed by atoms with Crippen molar-refractivity contribution in [1.82, 2.24) is 4.57 Å². The minimum Gasteiger partial charge on any atom is -0.335 e. The molecule has 0 aliphatic rings. The van der Waals surface area contributed by atoms with E-state index in [2.05, 4.69) is 17.6 Å². The van der Waals surface area contributed by atoms with Gasteiger partial charge in [0, 0.05) is 19.4 Å². The lowest BCUT2D eigenvalue weighted by Crippen LogP contribution is -2.19. The van der Waals surface area contributed by atoms with Gasteiger partial charge >= 0.3 is 0 Å². The van der Waals surface area contributed by atoms with Gasteiger partial charge in [0.1, 0.15) is 11.6 Å². The summed E-state index contributed by atoms with van der Waals surface area (Å²) in [7, 11) is 1.84. The fourth-order valence-electron chi connectivity index (χ4n) is 0.938. The smallest absolute Gasteiger partial charge is 0.150 e. The first kappa shape index (κ1) is 8.28. The molecule has 0 spiro atoms. The molecule has 12 heavy (non-hydrogen) atoms. The summed E-state index contributed by atoms with van der Waals surface area (Å²) in [4.78, 5) is 3.98. The third-order valence-corrected chi connectivity index (χ3v) is 1.48. The molecule has 1 aromatic rings. The second-order valence-electron chi connectivity index (χ2n) is 2.28. The summed E-state index contributed by atoms with van der Waals surface area (Å²) in [5.74, 6) is 0. The number of pyridine rings is 1. The Labute approximate surface area is 70.9 Å². The van der Waals surface area contributed by atoms with E-state index in [1.807, 2.05) is 13.2 Å². The Balaban J connectivity index is 3.53. The Morgan fingerprint density at radius 2 is 2.50 bits per heavy atom. The molecular weight excluding hydrogens is 150 g/mol. The second kappa shape index (κ2) is 3.54. The predicted molar refractivity (Wildman–Crippen MR) is 45.9 cm³/mol. The molecule has 0 amide bonds. The summed E-state index contributed by atoms with van der Waals surface area (Å²) >= 11 is 0. The summed E-state index contributed by atoms with van der Waals surface area (Å²) < 4.78 is 1.78. The highest BCUT2D eigenvalue weighted by Gasteiger charge is 1.94. The molecular formula is C9H9N3. The SMILES string of the molecule is C=CN=c1c(C#N)cccn1C. The third kappa shape index (κ3) is 1.43. The fraction of sp³-hybridized carbons (Fsp3) is 0.111. The highest BCUT2D eigenvalue weighted by atomic mass is 15.0. The molecule has 0 saturated heterocycles. The quantitative estimate of drug-likeness (QED) is 0.601. The van der Waals surface area contributed by atoms with Crippen LogP contribution >= 0.6 is 0 Å². The van der Waals surface area contributed by atoms with Gasteiger partial charge in [-0.1, -0.05) is 6.58 Å². The molecule has 0 N–H and O–H groups in total. The van der Waals surface area contributed by atoms with Crippen LogP contribution in [-0.4, -0.2) is 4.57 Å². The molecule has 0 aliphatic carbocycles. The van der Waals surface area contributed by atoms with Crippen molar-refractivity contribution in [2.24, 2.45) is 12.0 Å². The van der Waals surface area contributed by atoms with Gasteiger partial charge in [-0.3, -0.25) is 0 Å². The minimum absolute atomic E-state index is 0.555. The Hall–Kier alpha value is -1.82. The normalized spacial score (nSPS) is 10.8. The first-order valence-electron chi connectivity index (χ1n) is 3.50. The summed E-state index contributed by atoms with van der Waals surface area (Å²) in [6, 6.07) is 5.59. The molecule has 1 heterocycles. The van der Waals surface area contributed by atoms with Crippen molar-refractivity contribution in [2.45, 2.75) is 0 Å². The summed E-state index contributed by atoms with van der Waals surface area (Å²) in [5, 5.41) is 8.71. The van der Waals surface area contributed by atoms with E-state index in [0.29, 0.717) is 11.1 Å². The predicted octanol–water partition coefficient (Wildman–Crippen LogP) is 0.941. The van der Waals surface area contributed by atoms with Gasteiger partial charge in [0.2, 0.25) is 0 Å². The third-order valence-electron chi connectivity index (χ3n) is 1.48. The highest BCUT2D eigenvalue weighted by molar-refractivity contribution is 5.24. The van der Waals surface area contributed by atoms with E-state index >= 15 is 0 Å². The number of nitrogens with zero attached hydrogens (tertiary/aromatic N) is 3. The molecule has 1 rings (SSSR count). The lowest BCUT2D eigenvalue weighted by molar-refractivity contribution is 0.829. The zero-order chi connectivity index (χ0) is 8.97. The van der Waals surface area contributed by atoms with Crippen LogP contribution in [0.15, 0.2) is 36.1 Å². The van der Waals surface area contributed by atoms with E-state index < -0.39 is 0 Å². The number of aryl methyl sites for hydroxylation is 1. The van der Waals surface area contributed by atoms with Gasteiger partial charge in [-0.25, -0.2) is 4.99 Å². The van der Waals surface area contributed by atoms with Gasteiger partial charge < -0.3 is 4.57 Å². The van der Waals surface area contributed by atoms with E-state index in [0.717, 1.165) is 0 Å². The van der Waals surface area contributed by atoms with Crippen molar-refractivity contribution >= 4 is 0 Å². The maximum Gasteiger partial charge on any atom is 0.150 e. The average molecular weight is 159 g/mol. The van der Waals surface area contributed by atoms with Gasteiger partial charge in [-0.15, -0.1) is 0 Å². The van der Waals surface area contributed by atoms with E-state index in [-0.39, 0.29) is 0 Å². The van der Waals surface area contributed by atoms with Crippen LogP contribution < -0.4 is 5.49 Å². The first-order valence-corrected chi connectivity index (χ1v) is 3.50. The van der Waals surface area contributed by atoms with Gasteiger partial charge in [0.15, 0.2) is 0 Å². The average Bonchev–Trinajstić information content (AvgIpc) is 2.09. The maximum absolute atomic E-state index is 8.71. The lowest BCUT2D eigenvalue weighted by atomic mass is 10.3. The monoisotopic (exact) mass is 159 g/mol. The van der Waals surface area contributed by atoms with Crippen molar-refractivity contribution in [2.75, 3.05) is 0 Å². The van der Waals surface area contributed by atoms with Gasteiger partial charge in [0.25, 0.3) is 0 Å². The maximum atomic E-state index is 8.71. The number of hydrogen-bond acceptors (Lipinski definition) is 2. The van der Waals surface area contributed by atoms with Crippen LogP contribution in [-0.2, 0) is 7.05 Å². The molecule has 3 heteroatoms. The van der Waals surface area contributed by atoms with Crippen molar-refractivity contribution < 1.29 is 0 Å². The number of rotatable bonds is 1. The Morgan fingerprint density at radius 3 is 3.08 bits per heavy atom. The molecule has 1 aromatic heterocycles. The lowest BCUT2D eigenvalue weighted by Gasteiger charge is -1.98. The van der Waals surface area contributed by atoms with Crippen LogP contribution in [0.5, 0.6) is 0 Å². The standard InChI is InChI=1S/C9H9N3/c1-3-11-9-8(7-10)5-4-6-12(9)2/h3-6H,1H2,2H3. The molecule has 0 saturated carbocycles. The molecule has 0 bridgehead atoms. The van der Waals surface area contributed by atoms with Crippen molar-refractivity contribution in [1.29, 1.82) is 5.26 Å². The molecule has 3 nitrogen and oxygen atoms in total. The minimum atomic E-state index is 0.555. The molecule has 0 radical (unpaired) electrons. The first-order chi connectivity index (χ1) is 5.79. The zero-order valence-electron chi connectivity index (χ0n) is 6.86. The van der Waals surface area contributed by atoms with Crippen LogP contribution in [0.3, 0.4) is 0 Å². The van der Waals surface area contributed by atoms with Crippen molar-refractivity contribution in [3.63, 3.8) is 0 Å². The van der Waals surface area contributed by atoms with E-state index in [9.17, 15) is 0 Å². The molecule has 60 valence electrons. The van der Waals surface area contributed by atoms with Crippen LogP contribution in [0, 0.1) is 11.3 Å². The van der Waals surface area contributed by atoms with Crippen molar-refractivity contribution in [3.05, 3.63) is 42.2 Å². The Morgan fingerprint density at radius 1 is 1.75 bits per heavy atom. The molecule has 0 aromatic carbocycles. The van der Waals surface area contributed by atoms with Gasteiger partial charge in [-0.05, 0) is 12.1 Å². The Kier molecular flexibility index (Phi) is 2.44. The van der Waals surface area contributed by atoms with E-state index in [4.69, 9.17) is 5.26 Å². The largest absolute Gasteiger partial charge is 0.335 e. The molecule has 0 aliphatic heterocycles. The zero-order valence-corrected chi connectivity index (χ0v) is 6.86. The summed E-state index contributed by atoms with van der Waals surface area (Å²) in [6.07, 6.45) is 3.26. The second-order valence-corrected chi connectivity index (χ2v) is 2.28. The topological polar surface area (TPSA) is 41.1 Å². The van der Waals surface area contributed by atoms with E-state index in [1.165, 1.54) is 6.20 Å². The van der Waals surface area contributed by atoms with E-state index in [1.54, 1.807) is 16.7 Å². The fourth-order valence-corrected chi connectivity index (χ4v) is 0.938. The summed E-state index contributed by atoms with van der Waals surface area (Å²) in [5.41, 5.74) is 1.19.